The minimum atomic E-state index is -0.524. The van der Waals surface area contributed by atoms with Crippen molar-refractivity contribution in [2.75, 3.05) is 11.9 Å². The average Bonchev–Trinajstić information content (AvgIpc) is 2.81. The van der Waals surface area contributed by atoms with E-state index in [-0.39, 0.29) is 5.69 Å². The number of hydrogen-bond donors (Lipinski definition) is 2. The van der Waals surface area contributed by atoms with E-state index in [4.69, 9.17) is 5.73 Å². The van der Waals surface area contributed by atoms with Crippen LogP contribution < -0.4 is 11.1 Å². The predicted octanol–water partition coefficient (Wildman–Crippen LogP) is 0.193. The number of amides is 1. The molecule has 18 heavy (non-hydrogen) atoms. The number of carbonyl (C=O) groups is 1. The molecule has 0 aliphatic heterocycles. The molecule has 2 aromatic rings. The van der Waals surface area contributed by atoms with Crippen molar-refractivity contribution in [1.82, 2.24) is 19.7 Å². The number of primary amides is 1. The van der Waals surface area contributed by atoms with Crippen LogP contribution >= 0.6 is 0 Å². The summed E-state index contributed by atoms with van der Waals surface area (Å²) in [4.78, 5) is 19.1. The van der Waals surface area contributed by atoms with E-state index in [0.717, 1.165) is 5.56 Å². The highest BCUT2D eigenvalue weighted by Gasteiger charge is 2.04. The maximum absolute atomic E-state index is 10.9. The van der Waals surface area contributed by atoms with Crippen LogP contribution in [0.25, 0.3) is 0 Å². The van der Waals surface area contributed by atoms with Gasteiger partial charge < -0.3 is 11.1 Å². The number of nitrogens with two attached hydrogens (primary N) is 1. The lowest BCUT2D eigenvalue weighted by Gasteiger charge is -2.04. The summed E-state index contributed by atoms with van der Waals surface area (Å²) in [5, 5.41) is 7.08. The summed E-state index contributed by atoms with van der Waals surface area (Å²) in [6.45, 7) is 3.15. The minimum absolute atomic E-state index is 0.265. The molecule has 7 nitrogen and oxygen atoms in total. The van der Waals surface area contributed by atoms with Crippen LogP contribution in [0.15, 0.2) is 24.7 Å². The number of carbonyl (C=O) groups excluding carboxylic acids is 1. The maximum Gasteiger partial charge on any atom is 0.269 e. The third-order valence-corrected chi connectivity index (χ3v) is 2.30. The van der Waals surface area contributed by atoms with Crippen molar-refractivity contribution in [3.63, 3.8) is 0 Å². The molecule has 0 fully saturated rings. The second kappa shape index (κ2) is 5.26. The van der Waals surface area contributed by atoms with E-state index in [2.05, 4.69) is 20.4 Å². The van der Waals surface area contributed by atoms with Crippen molar-refractivity contribution in [3.8, 4) is 0 Å². The van der Waals surface area contributed by atoms with Crippen molar-refractivity contribution in [3.05, 3.63) is 35.9 Å². The molecule has 0 bridgehead atoms. The first-order valence-corrected chi connectivity index (χ1v) is 5.51. The van der Waals surface area contributed by atoms with Gasteiger partial charge in [0.15, 0.2) is 0 Å². The van der Waals surface area contributed by atoms with Gasteiger partial charge in [-0.05, 0) is 18.6 Å². The molecular weight excluding hydrogens is 232 g/mol. The number of hydrogen-bond acceptors (Lipinski definition) is 5. The summed E-state index contributed by atoms with van der Waals surface area (Å²) in [6.07, 6.45) is 5.20. The fourth-order valence-corrected chi connectivity index (χ4v) is 1.38. The van der Waals surface area contributed by atoms with Crippen molar-refractivity contribution < 1.29 is 4.79 Å². The maximum atomic E-state index is 10.9. The normalized spacial score (nSPS) is 10.3. The Balaban J connectivity index is 1.84. The van der Waals surface area contributed by atoms with Crippen LogP contribution in [0.3, 0.4) is 0 Å². The van der Waals surface area contributed by atoms with Crippen LogP contribution in [-0.4, -0.2) is 32.2 Å². The lowest BCUT2D eigenvalue weighted by atomic mass is 10.4. The molecule has 0 spiro atoms. The second-order valence-electron chi connectivity index (χ2n) is 3.84. The Hall–Kier alpha value is -2.44. The number of nitrogens with one attached hydrogen (secondary N) is 1. The topological polar surface area (TPSA) is 98.7 Å². The summed E-state index contributed by atoms with van der Waals surface area (Å²) >= 11 is 0. The van der Waals surface area contributed by atoms with Gasteiger partial charge in [-0.3, -0.25) is 9.48 Å². The molecule has 0 aliphatic carbocycles. The van der Waals surface area contributed by atoms with Crippen molar-refractivity contribution in [1.29, 1.82) is 0 Å². The molecule has 0 aromatic carbocycles. The zero-order chi connectivity index (χ0) is 13.0. The van der Waals surface area contributed by atoms with Crippen LogP contribution in [0.1, 0.15) is 16.1 Å². The van der Waals surface area contributed by atoms with Gasteiger partial charge in [-0.15, -0.1) is 0 Å². The molecule has 2 heterocycles. The van der Waals surface area contributed by atoms with Gasteiger partial charge in [0.1, 0.15) is 5.69 Å². The van der Waals surface area contributed by atoms with Crippen LogP contribution in [0, 0.1) is 6.92 Å². The van der Waals surface area contributed by atoms with E-state index in [9.17, 15) is 4.79 Å². The standard InChI is InChI=1S/C11H14N6O/c1-8-6-14-11(15-7-8)13-3-5-17-4-2-9(16-17)10(12)18/h2,4,6-7H,3,5H2,1H3,(H2,12,18)(H,13,14,15). The minimum Gasteiger partial charge on any atom is -0.364 e. The Morgan fingerprint density at radius 1 is 1.44 bits per heavy atom. The fourth-order valence-electron chi connectivity index (χ4n) is 1.38. The molecule has 7 heteroatoms. The first kappa shape index (κ1) is 12.0. The third kappa shape index (κ3) is 3.03. The number of rotatable bonds is 5. The number of aromatic nitrogens is 4. The van der Waals surface area contributed by atoms with Gasteiger partial charge in [0.2, 0.25) is 5.95 Å². The highest BCUT2D eigenvalue weighted by atomic mass is 16.1. The predicted molar refractivity (Wildman–Crippen MR) is 66.0 cm³/mol. The molecule has 2 aromatic heterocycles. The highest BCUT2D eigenvalue weighted by molar-refractivity contribution is 5.90. The first-order valence-electron chi connectivity index (χ1n) is 5.51. The van der Waals surface area contributed by atoms with Crippen molar-refractivity contribution >= 4 is 11.9 Å². The van der Waals surface area contributed by atoms with Gasteiger partial charge in [-0.2, -0.15) is 5.10 Å². The summed E-state index contributed by atoms with van der Waals surface area (Å²) in [6, 6.07) is 1.59. The van der Waals surface area contributed by atoms with Gasteiger partial charge in [0.25, 0.3) is 5.91 Å². The lowest BCUT2D eigenvalue weighted by molar-refractivity contribution is 0.0994. The van der Waals surface area contributed by atoms with E-state index in [1.165, 1.54) is 0 Å². The molecule has 3 N–H and O–H groups in total. The third-order valence-electron chi connectivity index (χ3n) is 2.30. The summed E-state index contributed by atoms with van der Waals surface area (Å²) in [5.41, 5.74) is 6.39. The summed E-state index contributed by atoms with van der Waals surface area (Å²) in [7, 11) is 0. The quantitative estimate of drug-likeness (QED) is 0.784. The SMILES string of the molecule is Cc1cnc(NCCn2ccc(C(N)=O)n2)nc1. The highest BCUT2D eigenvalue weighted by Crippen LogP contribution is 1.98. The first-order chi connectivity index (χ1) is 8.65. The van der Waals surface area contributed by atoms with E-state index < -0.39 is 5.91 Å². The number of aryl methyl sites for hydroxylation is 1. The number of anilines is 1. The summed E-state index contributed by atoms with van der Waals surface area (Å²) in [5.74, 6) is 0.0476. The zero-order valence-corrected chi connectivity index (χ0v) is 10.00. The Bertz CT molecular complexity index is 533. The van der Waals surface area contributed by atoms with Gasteiger partial charge >= 0.3 is 0 Å². The van der Waals surface area contributed by atoms with Gasteiger partial charge in [-0.1, -0.05) is 0 Å². The Labute approximate surface area is 104 Å². The molecule has 94 valence electrons. The van der Waals surface area contributed by atoms with Crippen LogP contribution in [0.5, 0.6) is 0 Å². The molecule has 0 saturated heterocycles. The largest absolute Gasteiger partial charge is 0.364 e. The molecule has 2 rings (SSSR count). The second-order valence-corrected chi connectivity index (χ2v) is 3.84. The monoisotopic (exact) mass is 246 g/mol. The molecule has 0 radical (unpaired) electrons. The van der Waals surface area contributed by atoms with E-state index in [1.54, 1.807) is 29.3 Å². The van der Waals surface area contributed by atoms with Gasteiger partial charge in [0.05, 0.1) is 6.54 Å². The average molecular weight is 246 g/mol. The molecule has 1 amide bonds. The van der Waals surface area contributed by atoms with E-state index in [0.29, 0.717) is 19.0 Å². The molecule has 0 saturated carbocycles. The van der Waals surface area contributed by atoms with Gasteiger partial charge in [-0.25, -0.2) is 9.97 Å². The molecular formula is C11H14N6O. The Morgan fingerprint density at radius 2 is 2.17 bits per heavy atom. The van der Waals surface area contributed by atoms with E-state index >= 15 is 0 Å². The van der Waals surface area contributed by atoms with Crippen molar-refractivity contribution in [2.45, 2.75) is 13.5 Å². The molecule has 0 unspecified atom stereocenters. The van der Waals surface area contributed by atoms with Gasteiger partial charge in [0, 0.05) is 25.1 Å². The number of nitrogens with zero attached hydrogens (tertiary/aromatic N) is 4. The molecule has 0 atom stereocenters. The lowest BCUT2D eigenvalue weighted by Crippen LogP contribution is -2.15. The van der Waals surface area contributed by atoms with Crippen LogP contribution in [-0.2, 0) is 6.54 Å². The molecule has 0 aliphatic rings. The van der Waals surface area contributed by atoms with Crippen molar-refractivity contribution in [2.24, 2.45) is 5.73 Å². The smallest absolute Gasteiger partial charge is 0.269 e. The Kier molecular flexibility index (Phi) is 3.52. The Morgan fingerprint density at radius 3 is 2.78 bits per heavy atom. The fraction of sp³-hybridized carbons (Fsp3) is 0.273. The summed E-state index contributed by atoms with van der Waals surface area (Å²) < 4.78 is 1.64. The van der Waals surface area contributed by atoms with Crippen LogP contribution in [0.2, 0.25) is 0 Å². The van der Waals surface area contributed by atoms with E-state index in [1.807, 2.05) is 6.92 Å². The zero-order valence-electron chi connectivity index (χ0n) is 10.00. The van der Waals surface area contributed by atoms with Crippen LogP contribution in [0.4, 0.5) is 5.95 Å².